The van der Waals surface area contributed by atoms with Gasteiger partial charge in [-0.15, -0.1) is 0 Å². The molecule has 0 saturated heterocycles. The number of nitrogens with zero attached hydrogens (tertiary/aromatic N) is 1. The van der Waals surface area contributed by atoms with Gasteiger partial charge < -0.3 is 10.2 Å². The van der Waals surface area contributed by atoms with E-state index in [1.165, 1.54) is 11.1 Å². The first kappa shape index (κ1) is 12.1. The largest absolute Gasteiger partial charge is 0.317 e. The van der Waals surface area contributed by atoms with Gasteiger partial charge in [0.1, 0.15) is 0 Å². The van der Waals surface area contributed by atoms with Gasteiger partial charge in [-0.3, -0.25) is 4.79 Å². The highest BCUT2D eigenvalue weighted by Crippen LogP contribution is 2.28. The Morgan fingerprint density at radius 2 is 2.29 bits per heavy atom. The molecular formula is C14H20N2O. The van der Waals surface area contributed by atoms with Crippen molar-refractivity contribution >= 4 is 11.6 Å². The molecule has 92 valence electrons. The van der Waals surface area contributed by atoms with E-state index in [0.717, 1.165) is 38.2 Å². The maximum absolute atomic E-state index is 11.4. The molecule has 0 unspecified atom stereocenters. The second-order valence-electron chi connectivity index (χ2n) is 4.49. The summed E-state index contributed by atoms with van der Waals surface area (Å²) in [6.45, 7) is 6.62. The van der Waals surface area contributed by atoms with Gasteiger partial charge in [-0.2, -0.15) is 0 Å². The van der Waals surface area contributed by atoms with Gasteiger partial charge in [-0.05, 0) is 43.1 Å². The fourth-order valence-electron chi connectivity index (χ4n) is 2.35. The number of hydrogen-bond donors (Lipinski definition) is 1. The molecule has 17 heavy (non-hydrogen) atoms. The first-order valence-electron chi connectivity index (χ1n) is 6.33. The summed E-state index contributed by atoms with van der Waals surface area (Å²) in [5.74, 6) is 0.143. The summed E-state index contributed by atoms with van der Waals surface area (Å²) in [6.07, 6.45) is 2.05. The second kappa shape index (κ2) is 5.32. The molecule has 1 amide bonds. The summed E-state index contributed by atoms with van der Waals surface area (Å²) >= 11 is 0. The molecule has 1 aromatic rings. The second-order valence-corrected chi connectivity index (χ2v) is 4.49. The molecule has 3 heteroatoms. The minimum absolute atomic E-state index is 0.143. The number of likely N-dealkylation sites (N-methyl/N-ethyl adjacent to an activating group) is 1. The number of hydrogen-bond acceptors (Lipinski definition) is 2. The van der Waals surface area contributed by atoms with Crippen molar-refractivity contribution in [3.05, 3.63) is 29.3 Å². The molecule has 0 aliphatic carbocycles. The maximum atomic E-state index is 11.4. The van der Waals surface area contributed by atoms with E-state index >= 15 is 0 Å². The minimum Gasteiger partial charge on any atom is -0.317 e. The Morgan fingerprint density at radius 1 is 1.47 bits per heavy atom. The third-order valence-electron chi connectivity index (χ3n) is 3.26. The SMILES string of the molecule is CCNCCc1ccc2c(c1)CCN2C(C)=O. The van der Waals surface area contributed by atoms with Gasteiger partial charge in [0.2, 0.25) is 5.91 Å². The number of carbonyl (C=O) groups is 1. The summed E-state index contributed by atoms with van der Waals surface area (Å²) < 4.78 is 0. The standard InChI is InChI=1S/C14H20N2O/c1-3-15-8-6-12-4-5-14-13(10-12)7-9-16(14)11(2)17/h4-5,10,15H,3,6-9H2,1-2H3. The van der Waals surface area contributed by atoms with E-state index in [4.69, 9.17) is 0 Å². The molecule has 2 rings (SSSR count). The lowest BCUT2D eigenvalue weighted by Gasteiger charge is -2.14. The highest BCUT2D eigenvalue weighted by atomic mass is 16.2. The predicted molar refractivity (Wildman–Crippen MR) is 70.4 cm³/mol. The smallest absolute Gasteiger partial charge is 0.223 e. The summed E-state index contributed by atoms with van der Waals surface area (Å²) in [5, 5.41) is 3.33. The number of amides is 1. The molecule has 1 heterocycles. The Bertz CT molecular complexity index is 415. The van der Waals surface area contributed by atoms with E-state index in [1.54, 1.807) is 6.92 Å². The third-order valence-corrected chi connectivity index (χ3v) is 3.26. The summed E-state index contributed by atoms with van der Waals surface area (Å²) in [6, 6.07) is 6.47. The van der Waals surface area contributed by atoms with Crippen LogP contribution in [0.2, 0.25) is 0 Å². The monoisotopic (exact) mass is 232 g/mol. The van der Waals surface area contributed by atoms with Crippen molar-refractivity contribution in [2.45, 2.75) is 26.7 Å². The predicted octanol–water partition coefficient (Wildman–Crippen LogP) is 1.75. The fourth-order valence-corrected chi connectivity index (χ4v) is 2.35. The highest BCUT2D eigenvalue weighted by molar-refractivity contribution is 5.93. The molecular weight excluding hydrogens is 212 g/mol. The van der Waals surface area contributed by atoms with Crippen LogP contribution in [0.25, 0.3) is 0 Å². The van der Waals surface area contributed by atoms with Crippen LogP contribution in [0.1, 0.15) is 25.0 Å². The molecule has 1 aromatic carbocycles. The lowest BCUT2D eigenvalue weighted by molar-refractivity contribution is -0.116. The van der Waals surface area contributed by atoms with E-state index in [1.807, 2.05) is 4.90 Å². The van der Waals surface area contributed by atoms with Crippen molar-refractivity contribution in [3.63, 3.8) is 0 Å². The maximum Gasteiger partial charge on any atom is 0.223 e. The zero-order valence-corrected chi connectivity index (χ0v) is 10.6. The minimum atomic E-state index is 0.143. The third kappa shape index (κ3) is 2.67. The molecule has 0 atom stereocenters. The van der Waals surface area contributed by atoms with Crippen molar-refractivity contribution in [1.29, 1.82) is 0 Å². The average molecular weight is 232 g/mol. The van der Waals surface area contributed by atoms with Crippen LogP contribution >= 0.6 is 0 Å². The molecule has 0 aromatic heterocycles. The van der Waals surface area contributed by atoms with E-state index in [9.17, 15) is 4.79 Å². The van der Waals surface area contributed by atoms with E-state index in [0.29, 0.717) is 0 Å². The molecule has 0 spiro atoms. The van der Waals surface area contributed by atoms with Gasteiger partial charge in [-0.1, -0.05) is 19.1 Å². The van der Waals surface area contributed by atoms with Crippen LogP contribution in [-0.4, -0.2) is 25.5 Å². The van der Waals surface area contributed by atoms with Crippen LogP contribution in [0.3, 0.4) is 0 Å². The molecule has 1 N–H and O–H groups in total. The molecule has 3 nitrogen and oxygen atoms in total. The Kier molecular flexibility index (Phi) is 3.79. The van der Waals surface area contributed by atoms with Crippen molar-refractivity contribution in [3.8, 4) is 0 Å². The van der Waals surface area contributed by atoms with Gasteiger partial charge >= 0.3 is 0 Å². The molecule has 0 saturated carbocycles. The van der Waals surface area contributed by atoms with Crippen molar-refractivity contribution in [2.75, 3.05) is 24.5 Å². The quantitative estimate of drug-likeness (QED) is 0.802. The normalized spacial score (nSPS) is 13.9. The molecule has 1 aliphatic rings. The fraction of sp³-hybridized carbons (Fsp3) is 0.500. The van der Waals surface area contributed by atoms with Crippen molar-refractivity contribution in [2.24, 2.45) is 0 Å². The van der Waals surface area contributed by atoms with Crippen LogP contribution in [-0.2, 0) is 17.6 Å². The van der Waals surface area contributed by atoms with Gasteiger partial charge in [0.25, 0.3) is 0 Å². The highest BCUT2D eigenvalue weighted by Gasteiger charge is 2.21. The summed E-state index contributed by atoms with van der Waals surface area (Å²) in [7, 11) is 0. The van der Waals surface area contributed by atoms with Gasteiger partial charge in [0.05, 0.1) is 0 Å². The Labute approximate surface area is 103 Å². The van der Waals surface area contributed by atoms with Crippen LogP contribution in [0.15, 0.2) is 18.2 Å². The van der Waals surface area contributed by atoms with E-state index < -0.39 is 0 Å². The zero-order valence-electron chi connectivity index (χ0n) is 10.6. The van der Waals surface area contributed by atoms with Crippen LogP contribution in [0.5, 0.6) is 0 Å². The van der Waals surface area contributed by atoms with E-state index in [2.05, 4.69) is 30.4 Å². The Balaban J connectivity index is 2.08. The number of anilines is 1. The van der Waals surface area contributed by atoms with Gasteiger partial charge in [0.15, 0.2) is 0 Å². The molecule has 0 radical (unpaired) electrons. The van der Waals surface area contributed by atoms with E-state index in [-0.39, 0.29) is 5.91 Å². The van der Waals surface area contributed by atoms with Crippen LogP contribution in [0, 0.1) is 0 Å². The zero-order chi connectivity index (χ0) is 12.3. The molecule has 0 bridgehead atoms. The Hall–Kier alpha value is -1.35. The number of rotatable bonds is 4. The van der Waals surface area contributed by atoms with Crippen molar-refractivity contribution in [1.82, 2.24) is 5.32 Å². The van der Waals surface area contributed by atoms with Crippen LogP contribution in [0.4, 0.5) is 5.69 Å². The number of nitrogens with one attached hydrogen (secondary N) is 1. The van der Waals surface area contributed by atoms with Crippen molar-refractivity contribution < 1.29 is 4.79 Å². The topological polar surface area (TPSA) is 32.3 Å². The lowest BCUT2D eigenvalue weighted by atomic mass is 10.1. The molecule has 0 fully saturated rings. The summed E-state index contributed by atoms with van der Waals surface area (Å²) in [4.78, 5) is 13.3. The number of carbonyl (C=O) groups excluding carboxylic acids is 1. The first-order chi connectivity index (χ1) is 8.22. The lowest BCUT2D eigenvalue weighted by Crippen LogP contribution is -2.25. The molecule has 1 aliphatic heterocycles. The summed E-state index contributed by atoms with van der Waals surface area (Å²) in [5.41, 5.74) is 3.77. The number of fused-ring (bicyclic) bond motifs is 1. The average Bonchev–Trinajstić information content (AvgIpc) is 2.72. The van der Waals surface area contributed by atoms with Gasteiger partial charge in [0, 0.05) is 19.2 Å². The van der Waals surface area contributed by atoms with Gasteiger partial charge in [-0.25, -0.2) is 0 Å². The Morgan fingerprint density at radius 3 is 3.00 bits per heavy atom. The number of benzene rings is 1. The van der Waals surface area contributed by atoms with Crippen LogP contribution < -0.4 is 10.2 Å². The first-order valence-corrected chi connectivity index (χ1v) is 6.33.